The van der Waals surface area contributed by atoms with Crippen LogP contribution in [0.3, 0.4) is 0 Å². The quantitative estimate of drug-likeness (QED) is 0.383. The Bertz CT molecular complexity index is 1390. The lowest BCUT2D eigenvalue weighted by Crippen LogP contribution is -2.42. The highest BCUT2D eigenvalue weighted by molar-refractivity contribution is 6.33. The number of non-ortho nitro benzene ring substituents is 1. The van der Waals surface area contributed by atoms with Crippen LogP contribution in [0.25, 0.3) is 0 Å². The molecule has 4 rings (SSSR count). The van der Waals surface area contributed by atoms with Crippen molar-refractivity contribution >= 4 is 28.8 Å². The number of carbonyl (C=O) groups excluding carboxylic acids is 1. The molecule has 0 amide bonds. The average molecular weight is 517 g/mol. The zero-order valence-corrected chi connectivity index (χ0v) is 19.9. The Balaban J connectivity index is 2.00. The summed E-state index contributed by atoms with van der Waals surface area (Å²) in [6, 6.07) is 10.2. The van der Waals surface area contributed by atoms with Gasteiger partial charge in [0.05, 0.1) is 38.8 Å². The van der Waals surface area contributed by atoms with Crippen LogP contribution in [0, 0.1) is 26.9 Å². The van der Waals surface area contributed by atoms with E-state index in [2.05, 4.69) is 0 Å². The second-order valence-corrected chi connectivity index (χ2v) is 9.90. The Labute approximate surface area is 209 Å². The number of halogens is 4. The van der Waals surface area contributed by atoms with Crippen LogP contribution in [0.4, 0.5) is 24.5 Å². The molecule has 186 valence electrons. The van der Waals surface area contributed by atoms with E-state index in [4.69, 9.17) is 17.3 Å². The number of hydrogen-bond acceptors (Lipinski definition) is 6. The van der Waals surface area contributed by atoms with Crippen molar-refractivity contribution in [2.24, 2.45) is 11.1 Å². The molecule has 0 bridgehead atoms. The predicted octanol–water partition coefficient (Wildman–Crippen LogP) is 6.21. The van der Waals surface area contributed by atoms with E-state index in [1.165, 1.54) is 29.2 Å². The first-order chi connectivity index (χ1) is 16.7. The van der Waals surface area contributed by atoms with E-state index >= 15 is 0 Å². The van der Waals surface area contributed by atoms with E-state index in [0.717, 1.165) is 18.2 Å². The molecular weight excluding hydrogens is 497 g/mol. The van der Waals surface area contributed by atoms with Crippen molar-refractivity contribution < 1.29 is 22.9 Å². The highest BCUT2D eigenvalue weighted by Crippen LogP contribution is 2.51. The minimum atomic E-state index is -4.66. The van der Waals surface area contributed by atoms with Gasteiger partial charge < -0.3 is 5.73 Å². The van der Waals surface area contributed by atoms with Crippen LogP contribution in [-0.4, -0.2) is 10.7 Å². The molecule has 0 spiro atoms. The number of rotatable bonds is 3. The number of nitrogens with two attached hydrogens (primary N) is 1. The van der Waals surface area contributed by atoms with E-state index in [-0.39, 0.29) is 52.0 Å². The molecular formula is C25H20ClF3N4O3. The molecule has 2 aromatic rings. The van der Waals surface area contributed by atoms with Gasteiger partial charge in [-0.05, 0) is 35.6 Å². The van der Waals surface area contributed by atoms with Crippen LogP contribution < -0.4 is 10.6 Å². The minimum Gasteiger partial charge on any atom is -0.384 e. The van der Waals surface area contributed by atoms with Gasteiger partial charge in [-0.25, -0.2) is 0 Å². The van der Waals surface area contributed by atoms with Gasteiger partial charge in [0.1, 0.15) is 5.82 Å². The van der Waals surface area contributed by atoms with Crippen molar-refractivity contribution in [1.82, 2.24) is 0 Å². The third-order valence-electron chi connectivity index (χ3n) is 6.33. The van der Waals surface area contributed by atoms with Crippen molar-refractivity contribution in [2.75, 3.05) is 4.90 Å². The fourth-order valence-electron chi connectivity index (χ4n) is 4.77. The van der Waals surface area contributed by atoms with E-state index < -0.39 is 28.0 Å². The third kappa shape index (κ3) is 4.31. The zero-order chi connectivity index (χ0) is 26.6. The number of Topliss-reactive ketones (excluding diaryl/α,β-unsaturated/α-hetero) is 1. The lowest BCUT2D eigenvalue weighted by Gasteiger charge is -2.44. The number of nitriles is 1. The molecule has 2 aliphatic rings. The first-order valence-electron chi connectivity index (χ1n) is 10.8. The molecule has 7 nitrogen and oxygen atoms in total. The number of nitro groups is 1. The lowest BCUT2D eigenvalue weighted by molar-refractivity contribution is -0.384. The Morgan fingerprint density at radius 1 is 1.19 bits per heavy atom. The normalized spacial score (nSPS) is 19.8. The summed E-state index contributed by atoms with van der Waals surface area (Å²) in [7, 11) is 0. The van der Waals surface area contributed by atoms with Crippen LogP contribution in [0.2, 0.25) is 5.02 Å². The van der Waals surface area contributed by atoms with E-state index in [1.54, 1.807) is 0 Å². The zero-order valence-electron chi connectivity index (χ0n) is 19.2. The number of anilines is 1. The fraction of sp³-hybridized carbons (Fsp3) is 0.280. The summed E-state index contributed by atoms with van der Waals surface area (Å²) in [5.41, 5.74) is 5.56. The van der Waals surface area contributed by atoms with Crippen LogP contribution >= 0.6 is 11.6 Å². The summed E-state index contributed by atoms with van der Waals surface area (Å²) in [5.74, 6) is -1.39. The second kappa shape index (κ2) is 8.68. The average Bonchev–Trinajstić information content (AvgIpc) is 2.77. The first-order valence-corrected chi connectivity index (χ1v) is 11.2. The Morgan fingerprint density at radius 2 is 1.83 bits per heavy atom. The number of benzene rings is 2. The van der Waals surface area contributed by atoms with Gasteiger partial charge in [0.2, 0.25) is 0 Å². The number of allylic oxidation sites excluding steroid dienone is 3. The van der Waals surface area contributed by atoms with Gasteiger partial charge in [-0.3, -0.25) is 19.8 Å². The van der Waals surface area contributed by atoms with Gasteiger partial charge in [0.15, 0.2) is 5.78 Å². The first kappa shape index (κ1) is 25.3. The number of nitro benzene ring substituents is 1. The van der Waals surface area contributed by atoms with Crippen molar-refractivity contribution in [1.29, 1.82) is 5.26 Å². The maximum absolute atomic E-state index is 13.5. The smallest absolute Gasteiger partial charge is 0.384 e. The Kier molecular flexibility index (Phi) is 6.09. The Morgan fingerprint density at radius 3 is 2.39 bits per heavy atom. The molecule has 1 atom stereocenters. The second-order valence-electron chi connectivity index (χ2n) is 9.49. The molecule has 2 N–H and O–H groups in total. The fourth-order valence-corrected chi connectivity index (χ4v) is 4.97. The van der Waals surface area contributed by atoms with Gasteiger partial charge in [-0.1, -0.05) is 37.6 Å². The summed E-state index contributed by atoms with van der Waals surface area (Å²) < 4.78 is 40.6. The number of hydrogen-bond donors (Lipinski definition) is 1. The molecule has 0 aromatic heterocycles. The summed E-state index contributed by atoms with van der Waals surface area (Å²) in [6.07, 6.45) is -4.26. The molecule has 0 saturated heterocycles. The van der Waals surface area contributed by atoms with Crippen LogP contribution in [0.5, 0.6) is 0 Å². The summed E-state index contributed by atoms with van der Waals surface area (Å²) in [4.78, 5) is 25.3. The standard InChI is InChI=1S/C25H20ClF3N4O3/c1-24(2)10-19-22(20(34)11-24)21(13-3-6-15(7-4-13)33(35)36)16(12-30)23(31)32(19)18-9-14(25(27,28)29)5-8-17(18)26/h3-9,21H,10-11,31H2,1-2H3. The van der Waals surface area contributed by atoms with Gasteiger partial charge in [0.25, 0.3) is 5.69 Å². The monoisotopic (exact) mass is 516 g/mol. The maximum atomic E-state index is 13.5. The van der Waals surface area contributed by atoms with Gasteiger partial charge in [-0.15, -0.1) is 0 Å². The number of nitrogens with zero attached hydrogens (tertiary/aromatic N) is 3. The van der Waals surface area contributed by atoms with Crippen molar-refractivity contribution in [2.45, 2.75) is 38.8 Å². The minimum absolute atomic E-state index is 0.0419. The topological polar surface area (TPSA) is 113 Å². The van der Waals surface area contributed by atoms with E-state index in [0.29, 0.717) is 11.3 Å². The van der Waals surface area contributed by atoms with Crippen LogP contribution in [-0.2, 0) is 11.0 Å². The molecule has 0 saturated carbocycles. The molecule has 2 aromatic carbocycles. The molecule has 1 aliphatic carbocycles. The predicted molar refractivity (Wildman–Crippen MR) is 127 cm³/mol. The molecule has 11 heteroatoms. The summed E-state index contributed by atoms with van der Waals surface area (Å²) in [6.45, 7) is 3.70. The van der Waals surface area contributed by atoms with Crippen molar-refractivity contribution in [3.63, 3.8) is 0 Å². The maximum Gasteiger partial charge on any atom is 0.416 e. The number of alkyl halides is 3. The van der Waals surface area contributed by atoms with Crippen LogP contribution in [0.15, 0.2) is 65.1 Å². The Hall–Kier alpha value is -3.84. The molecule has 0 fully saturated rings. The highest BCUT2D eigenvalue weighted by Gasteiger charge is 2.45. The van der Waals surface area contributed by atoms with E-state index in [1.807, 2.05) is 19.9 Å². The highest BCUT2D eigenvalue weighted by atomic mass is 35.5. The summed E-state index contributed by atoms with van der Waals surface area (Å²) >= 11 is 6.33. The third-order valence-corrected chi connectivity index (χ3v) is 6.65. The van der Waals surface area contributed by atoms with Crippen molar-refractivity contribution in [3.8, 4) is 6.07 Å². The van der Waals surface area contributed by atoms with Gasteiger partial charge >= 0.3 is 6.18 Å². The van der Waals surface area contributed by atoms with Crippen LogP contribution in [0.1, 0.15) is 43.7 Å². The van der Waals surface area contributed by atoms with Gasteiger partial charge in [-0.2, -0.15) is 18.4 Å². The largest absolute Gasteiger partial charge is 0.416 e. The number of carbonyl (C=O) groups is 1. The molecule has 1 unspecified atom stereocenters. The van der Waals surface area contributed by atoms with Crippen molar-refractivity contribution in [3.05, 3.63) is 91.4 Å². The van der Waals surface area contributed by atoms with Gasteiger partial charge in [0, 0.05) is 29.8 Å². The molecule has 36 heavy (non-hydrogen) atoms. The van der Waals surface area contributed by atoms with E-state index in [9.17, 15) is 33.3 Å². The summed E-state index contributed by atoms with van der Waals surface area (Å²) in [5, 5.41) is 21.1. The SMILES string of the molecule is CC1(C)CC(=O)C2=C(C1)N(c1cc(C(F)(F)F)ccc1Cl)C(N)=C(C#N)C2c1ccc([N+](=O)[O-])cc1. The number of ketones is 1. The molecule has 1 heterocycles. The lowest BCUT2D eigenvalue weighted by atomic mass is 9.68. The molecule has 1 aliphatic heterocycles. The molecule has 0 radical (unpaired) electrons.